The molecule has 2 fully saturated rings. The number of aliphatic imine (C=N–C) groups is 1. The highest BCUT2D eigenvalue weighted by molar-refractivity contribution is 6.31. The van der Waals surface area contributed by atoms with Crippen LogP contribution >= 0.6 is 11.6 Å². The van der Waals surface area contributed by atoms with Crippen molar-refractivity contribution in [2.75, 3.05) is 23.7 Å². The number of aromatic nitrogens is 1. The Kier molecular flexibility index (Phi) is 5.30. The molecule has 0 bridgehead atoms. The topological polar surface area (TPSA) is 69.6 Å². The third kappa shape index (κ3) is 3.87. The Balaban J connectivity index is 1.40. The van der Waals surface area contributed by atoms with Gasteiger partial charge in [-0.1, -0.05) is 30.5 Å². The zero-order valence-corrected chi connectivity index (χ0v) is 18.0. The van der Waals surface area contributed by atoms with E-state index in [2.05, 4.69) is 15.6 Å². The van der Waals surface area contributed by atoms with Crippen LogP contribution in [0.4, 0.5) is 15.9 Å². The number of amides is 1. The molecule has 3 aliphatic rings. The predicted molar refractivity (Wildman–Crippen MR) is 120 cm³/mol. The Bertz CT molecular complexity index is 1020. The smallest absolute Gasteiger partial charge is 0.227 e. The van der Waals surface area contributed by atoms with Crippen LogP contribution < -0.4 is 10.6 Å². The van der Waals surface area contributed by atoms with Gasteiger partial charge in [-0.15, -0.1) is 0 Å². The van der Waals surface area contributed by atoms with Gasteiger partial charge in [-0.3, -0.25) is 9.79 Å². The van der Waals surface area contributed by atoms with Crippen LogP contribution in [0.5, 0.6) is 0 Å². The van der Waals surface area contributed by atoms with E-state index < -0.39 is 11.4 Å². The molecule has 3 heterocycles. The summed E-state index contributed by atoms with van der Waals surface area (Å²) in [6.45, 7) is 1.03. The van der Waals surface area contributed by atoms with E-state index in [-0.39, 0.29) is 22.9 Å². The SMILES string of the molecule is O=C(Cc1c(F)cccc1Cl)N1CCC2(C1)Nc1cccnc1NC2=NC1CCCC1. The largest absolute Gasteiger partial charge is 0.368 e. The molecule has 2 N–H and O–H groups in total. The number of likely N-dealkylation sites (tertiary alicyclic amines) is 1. The monoisotopic (exact) mass is 441 g/mol. The summed E-state index contributed by atoms with van der Waals surface area (Å²) in [5, 5.41) is 7.34. The molecule has 1 aromatic carbocycles. The van der Waals surface area contributed by atoms with Crippen molar-refractivity contribution < 1.29 is 9.18 Å². The number of carbonyl (C=O) groups excluding carboxylic acids is 1. The Morgan fingerprint density at radius 1 is 1.29 bits per heavy atom. The zero-order valence-electron chi connectivity index (χ0n) is 17.2. The molecule has 2 aromatic rings. The highest BCUT2D eigenvalue weighted by Gasteiger charge is 2.47. The summed E-state index contributed by atoms with van der Waals surface area (Å²) >= 11 is 6.14. The Morgan fingerprint density at radius 2 is 2.13 bits per heavy atom. The van der Waals surface area contributed by atoms with E-state index >= 15 is 0 Å². The summed E-state index contributed by atoms with van der Waals surface area (Å²) in [5.41, 5.74) is 0.659. The predicted octanol–water partition coefficient (Wildman–Crippen LogP) is 4.27. The van der Waals surface area contributed by atoms with Crippen LogP contribution in [0.15, 0.2) is 41.5 Å². The van der Waals surface area contributed by atoms with Crippen molar-refractivity contribution in [3.63, 3.8) is 0 Å². The molecule has 1 unspecified atom stereocenters. The first-order valence-corrected chi connectivity index (χ1v) is 11.2. The molecule has 1 atom stereocenters. The maximum atomic E-state index is 14.2. The van der Waals surface area contributed by atoms with Crippen molar-refractivity contribution in [1.29, 1.82) is 0 Å². The van der Waals surface area contributed by atoms with Crippen LogP contribution in [-0.4, -0.2) is 46.3 Å². The van der Waals surface area contributed by atoms with Crippen LogP contribution in [-0.2, 0) is 11.2 Å². The third-order valence-corrected chi connectivity index (χ3v) is 6.87. The number of nitrogens with one attached hydrogen (secondary N) is 2. The van der Waals surface area contributed by atoms with Crippen LogP contribution in [0.25, 0.3) is 0 Å². The minimum Gasteiger partial charge on any atom is -0.368 e. The van der Waals surface area contributed by atoms with Crippen molar-refractivity contribution in [2.45, 2.75) is 50.1 Å². The second-order valence-corrected chi connectivity index (χ2v) is 9.00. The zero-order chi connectivity index (χ0) is 21.4. The van der Waals surface area contributed by atoms with Crippen LogP contribution in [0, 0.1) is 5.82 Å². The fourth-order valence-electron chi connectivity index (χ4n) is 4.81. The second kappa shape index (κ2) is 8.11. The van der Waals surface area contributed by atoms with Gasteiger partial charge in [0, 0.05) is 23.3 Å². The molecule has 0 radical (unpaired) electrons. The maximum Gasteiger partial charge on any atom is 0.227 e. The van der Waals surface area contributed by atoms with Crippen molar-refractivity contribution >= 4 is 34.8 Å². The Labute approximate surface area is 185 Å². The van der Waals surface area contributed by atoms with Gasteiger partial charge in [-0.2, -0.15) is 0 Å². The van der Waals surface area contributed by atoms with Gasteiger partial charge in [-0.05, 0) is 43.5 Å². The number of amidine groups is 1. The standard InChI is InChI=1S/C23H25ClFN5O/c24-17-7-3-8-18(25)16(17)13-20(31)30-12-10-23(14-30)22(27-15-5-1-2-6-15)28-21-19(29-23)9-4-11-26-21/h3-4,7-9,11,15,29H,1-2,5-6,10,12-14H2,(H,26,27,28). The van der Waals surface area contributed by atoms with Gasteiger partial charge in [0.25, 0.3) is 0 Å². The lowest BCUT2D eigenvalue weighted by atomic mass is 9.93. The number of hydrogen-bond acceptors (Lipinski definition) is 4. The van der Waals surface area contributed by atoms with Gasteiger partial charge >= 0.3 is 0 Å². The number of benzene rings is 1. The van der Waals surface area contributed by atoms with Gasteiger partial charge in [-0.25, -0.2) is 9.37 Å². The first-order chi connectivity index (χ1) is 15.0. The van der Waals surface area contributed by atoms with E-state index in [1.165, 1.54) is 18.9 Å². The number of nitrogens with zero attached hydrogens (tertiary/aromatic N) is 3. The summed E-state index contributed by atoms with van der Waals surface area (Å²) in [6.07, 6.45) is 6.99. The minimum atomic E-state index is -0.493. The Hall–Kier alpha value is -2.67. The number of rotatable bonds is 3. The average Bonchev–Trinajstić information content (AvgIpc) is 3.42. The quantitative estimate of drug-likeness (QED) is 0.746. The number of carbonyl (C=O) groups is 1. The number of fused-ring (bicyclic) bond motifs is 1. The Morgan fingerprint density at radius 3 is 2.94 bits per heavy atom. The molecule has 6 nitrogen and oxygen atoms in total. The van der Waals surface area contributed by atoms with Crippen molar-refractivity contribution in [3.8, 4) is 0 Å². The first kappa shape index (κ1) is 20.2. The molecule has 162 valence electrons. The van der Waals surface area contributed by atoms with Crippen LogP contribution in [0.1, 0.15) is 37.7 Å². The van der Waals surface area contributed by atoms with Crippen molar-refractivity contribution in [2.24, 2.45) is 4.99 Å². The molecule has 1 aromatic heterocycles. The van der Waals surface area contributed by atoms with Crippen molar-refractivity contribution in [1.82, 2.24) is 9.88 Å². The summed E-state index contributed by atoms with van der Waals surface area (Å²) in [5.74, 6) is 1.02. The maximum absolute atomic E-state index is 14.2. The number of pyridine rings is 1. The lowest BCUT2D eigenvalue weighted by Gasteiger charge is -2.38. The molecule has 1 aliphatic carbocycles. The van der Waals surface area contributed by atoms with Crippen LogP contribution in [0.3, 0.4) is 0 Å². The van der Waals surface area contributed by atoms with Gasteiger partial charge in [0.1, 0.15) is 17.2 Å². The lowest BCUT2D eigenvalue weighted by Crippen LogP contribution is -2.55. The molecule has 5 rings (SSSR count). The van der Waals surface area contributed by atoms with Gasteiger partial charge in [0.2, 0.25) is 5.91 Å². The average molecular weight is 442 g/mol. The minimum absolute atomic E-state index is 0.0533. The molecule has 1 amide bonds. The number of anilines is 2. The van der Waals surface area contributed by atoms with Gasteiger partial charge in [0.05, 0.1) is 24.7 Å². The van der Waals surface area contributed by atoms with E-state index in [0.29, 0.717) is 19.1 Å². The molecule has 1 saturated carbocycles. The molecule has 31 heavy (non-hydrogen) atoms. The van der Waals surface area contributed by atoms with Gasteiger partial charge < -0.3 is 15.5 Å². The van der Waals surface area contributed by atoms with E-state index in [4.69, 9.17) is 16.6 Å². The summed E-state index contributed by atoms with van der Waals surface area (Å²) in [6, 6.07) is 8.66. The summed E-state index contributed by atoms with van der Waals surface area (Å²) in [7, 11) is 0. The number of hydrogen-bond donors (Lipinski definition) is 2. The van der Waals surface area contributed by atoms with E-state index in [9.17, 15) is 9.18 Å². The van der Waals surface area contributed by atoms with E-state index in [0.717, 1.165) is 36.6 Å². The fraction of sp³-hybridized carbons (Fsp3) is 0.435. The molecular formula is C23H25ClFN5O. The first-order valence-electron chi connectivity index (χ1n) is 10.8. The second-order valence-electron chi connectivity index (χ2n) is 8.59. The number of halogens is 2. The van der Waals surface area contributed by atoms with E-state index in [1.807, 2.05) is 12.1 Å². The van der Waals surface area contributed by atoms with Crippen LogP contribution in [0.2, 0.25) is 5.02 Å². The fourth-order valence-corrected chi connectivity index (χ4v) is 5.04. The lowest BCUT2D eigenvalue weighted by molar-refractivity contribution is -0.129. The normalized spacial score (nSPS) is 24.3. The van der Waals surface area contributed by atoms with E-state index in [1.54, 1.807) is 23.2 Å². The molecule has 2 aliphatic heterocycles. The van der Waals surface area contributed by atoms with Gasteiger partial charge in [0.15, 0.2) is 5.82 Å². The molecule has 1 saturated heterocycles. The molecule has 8 heteroatoms. The summed E-state index contributed by atoms with van der Waals surface area (Å²) < 4.78 is 14.2. The summed E-state index contributed by atoms with van der Waals surface area (Å²) in [4.78, 5) is 24.3. The molecule has 1 spiro atoms. The van der Waals surface area contributed by atoms with Crippen molar-refractivity contribution in [3.05, 3.63) is 52.9 Å². The highest BCUT2D eigenvalue weighted by atomic mass is 35.5. The highest BCUT2D eigenvalue weighted by Crippen LogP contribution is 2.36. The third-order valence-electron chi connectivity index (χ3n) is 6.52. The molecular weight excluding hydrogens is 417 g/mol.